The molecule has 0 atom stereocenters. The number of carbonyl (C=O) groups excluding carboxylic acids is 1. The lowest BCUT2D eigenvalue weighted by Gasteiger charge is -2.09. The maximum Gasteiger partial charge on any atom is 0.251 e. The number of anilines is 2. The van der Waals surface area contributed by atoms with Crippen LogP contribution < -0.4 is 10.6 Å². The highest BCUT2D eigenvalue weighted by atomic mass is 19.1. The maximum atomic E-state index is 14.7. The molecule has 1 amide bonds. The number of halogens is 1. The van der Waals surface area contributed by atoms with Gasteiger partial charge in [0, 0.05) is 36.2 Å². The van der Waals surface area contributed by atoms with E-state index in [0.717, 1.165) is 24.1 Å². The molecule has 2 aliphatic heterocycles. The van der Waals surface area contributed by atoms with Crippen LogP contribution in [-0.4, -0.2) is 29.0 Å². The maximum absolute atomic E-state index is 14.7. The summed E-state index contributed by atoms with van der Waals surface area (Å²) in [7, 11) is 0. The van der Waals surface area contributed by atoms with E-state index in [-0.39, 0.29) is 11.5 Å². The molecule has 6 nitrogen and oxygen atoms in total. The highest BCUT2D eigenvalue weighted by Gasteiger charge is 2.13. The van der Waals surface area contributed by atoms with Crippen LogP contribution in [0.15, 0.2) is 54.7 Å². The number of fused-ring (bicyclic) bond motifs is 9. The average Bonchev–Trinajstić information content (AvgIpc) is 2.73. The number of ether oxygens (including phenoxy) is 1. The van der Waals surface area contributed by atoms with Crippen LogP contribution in [0.25, 0.3) is 11.3 Å². The fraction of sp³-hybridized carbons (Fsp3) is 0.227. The molecule has 148 valence electrons. The minimum atomic E-state index is -0.504. The van der Waals surface area contributed by atoms with Crippen LogP contribution in [0.2, 0.25) is 0 Å². The summed E-state index contributed by atoms with van der Waals surface area (Å²) in [6.45, 7) is 1.61. The number of nitrogens with one attached hydrogen (secondary N) is 2. The predicted molar refractivity (Wildman–Crippen MR) is 108 cm³/mol. The van der Waals surface area contributed by atoms with Gasteiger partial charge in [-0.15, -0.1) is 0 Å². The van der Waals surface area contributed by atoms with Gasteiger partial charge in [-0.2, -0.15) is 0 Å². The Kier molecular flexibility index (Phi) is 5.76. The van der Waals surface area contributed by atoms with Gasteiger partial charge in [0.2, 0.25) is 5.95 Å². The van der Waals surface area contributed by atoms with Crippen molar-refractivity contribution in [1.82, 2.24) is 15.3 Å². The Morgan fingerprint density at radius 1 is 1.07 bits per heavy atom. The second-order valence-corrected chi connectivity index (χ2v) is 6.80. The fourth-order valence-corrected chi connectivity index (χ4v) is 3.12. The lowest BCUT2D eigenvalue weighted by atomic mass is 10.1. The number of carbonyl (C=O) groups is 1. The molecule has 6 bridgehead atoms. The molecule has 0 saturated heterocycles. The molecule has 0 aliphatic carbocycles. The normalized spacial score (nSPS) is 14.9. The zero-order valence-electron chi connectivity index (χ0n) is 15.8. The first-order valence-electron chi connectivity index (χ1n) is 9.54. The number of amides is 1. The van der Waals surface area contributed by atoms with E-state index in [4.69, 9.17) is 4.74 Å². The summed E-state index contributed by atoms with van der Waals surface area (Å²) in [5.41, 5.74) is 2.88. The van der Waals surface area contributed by atoms with Gasteiger partial charge in [-0.05, 0) is 54.8 Å². The van der Waals surface area contributed by atoms with Crippen LogP contribution in [0.4, 0.5) is 16.0 Å². The summed E-state index contributed by atoms with van der Waals surface area (Å²) in [5, 5.41) is 5.97. The van der Waals surface area contributed by atoms with Crippen molar-refractivity contribution in [3.63, 3.8) is 0 Å². The van der Waals surface area contributed by atoms with Crippen LogP contribution in [0, 0.1) is 5.82 Å². The van der Waals surface area contributed by atoms with E-state index < -0.39 is 5.82 Å². The Labute approximate surface area is 168 Å². The van der Waals surface area contributed by atoms with Crippen LogP contribution in [0.5, 0.6) is 0 Å². The molecule has 7 heteroatoms. The molecule has 1 aromatic heterocycles. The second-order valence-electron chi connectivity index (χ2n) is 6.80. The van der Waals surface area contributed by atoms with Crippen molar-refractivity contribution >= 4 is 17.5 Å². The summed E-state index contributed by atoms with van der Waals surface area (Å²) in [4.78, 5) is 20.9. The molecule has 0 unspecified atom stereocenters. The van der Waals surface area contributed by atoms with Crippen molar-refractivity contribution in [3.8, 4) is 11.3 Å². The first kappa shape index (κ1) is 19.0. The van der Waals surface area contributed by atoms with Gasteiger partial charge in [-0.25, -0.2) is 14.4 Å². The number of hydrogen-bond donors (Lipinski definition) is 2. The molecule has 3 heterocycles. The smallest absolute Gasteiger partial charge is 0.251 e. The summed E-state index contributed by atoms with van der Waals surface area (Å²) in [5.74, 6) is -0.439. The van der Waals surface area contributed by atoms with E-state index in [1.54, 1.807) is 24.4 Å². The van der Waals surface area contributed by atoms with Crippen LogP contribution in [0.1, 0.15) is 28.8 Å². The zero-order valence-corrected chi connectivity index (χ0v) is 15.8. The molecular weight excluding hydrogens is 371 g/mol. The van der Waals surface area contributed by atoms with E-state index in [9.17, 15) is 9.18 Å². The Hall–Kier alpha value is -3.32. The largest absolute Gasteiger partial charge is 0.377 e. The van der Waals surface area contributed by atoms with Gasteiger partial charge in [0.05, 0.1) is 12.3 Å². The van der Waals surface area contributed by atoms with Gasteiger partial charge in [0.25, 0.3) is 5.91 Å². The third-order valence-electron chi connectivity index (χ3n) is 4.62. The summed E-state index contributed by atoms with van der Waals surface area (Å²) < 4.78 is 20.4. The molecule has 0 spiro atoms. The fourth-order valence-electron chi connectivity index (χ4n) is 3.12. The van der Waals surface area contributed by atoms with Gasteiger partial charge in [0.1, 0.15) is 5.82 Å². The standard InChI is InChI=1S/C22H21FN4O2/c23-19-13-16-6-7-18(19)20-8-10-25-22(27-20)26-17-5-3-4-15(12-17)14-29-11-2-1-9-24-21(16)28/h3-8,10,12-13H,1-2,9,11,14H2,(H,24,28)(H,25,26,27). The summed E-state index contributed by atoms with van der Waals surface area (Å²) in [6, 6.07) is 13.8. The van der Waals surface area contributed by atoms with Crippen molar-refractivity contribution in [2.45, 2.75) is 19.4 Å². The number of benzene rings is 2. The third kappa shape index (κ3) is 4.75. The van der Waals surface area contributed by atoms with Crippen molar-refractivity contribution in [2.24, 2.45) is 0 Å². The van der Waals surface area contributed by atoms with E-state index >= 15 is 0 Å². The zero-order chi connectivity index (χ0) is 20.1. The number of aromatic nitrogens is 2. The van der Waals surface area contributed by atoms with Gasteiger partial charge in [0.15, 0.2) is 0 Å². The lowest BCUT2D eigenvalue weighted by molar-refractivity contribution is 0.0945. The molecule has 2 aliphatic rings. The summed E-state index contributed by atoms with van der Waals surface area (Å²) in [6.07, 6.45) is 3.18. The number of nitrogens with zero attached hydrogens (tertiary/aromatic N) is 2. The van der Waals surface area contributed by atoms with E-state index in [1.807, 2.05) is 24.3 Å². The molecule has 5 rings (SSSR count). The molecule has 2 N–H and O–H groups in total. The first-order chi connectivity index (χ1) is 14.2. The van der Waals surface area contributed by atoms with Crippen molar-refractivity contribution in [3.05, 3.63) is 71.7 Å². The molecule has 0 fully saturated rings. The van der Waals surface area contributed by atoms with Crippen molar-refractivity contribution < 1.29 is 13.9 Å². The molecule has 0 radical (unpaired) electrons. The average molecular weight is 392 g/mol. The van der Waals surface area contributed by atoms with E-state index in [2.05, 4.69) is 20.6 Å². The molecule has 0 saturated carbocycles. The lowest BCUT2D eigenvalue weighted by Crippen LogP contribution is -2.24. The minimum Gasteiger partial charge on any atom is -0.377 e. The van der Waals surface area contributed by atoms with Crippen LogP contribution in [-0.2, 0) is 11.3 Å². The highest BCUT2D eigenvalue weighted by Crippen LogP contribution is 2.24. The first-order valence-corrected chi connectivity index (χ1v) is 9.54. The topological polar surface area (TPSA) is 76.1 Å². The van der Waals surface area contributed by atoms with Crippen molar-refractivity contribution in [1.29, 1.82) is 0 Å². The monoisotopic (exact) mass is 392 g/mol. The molecular formula is C22H21FN4O2. The van der Waals surface area contributed by atoms with E-state index in [1.165, 1.54) is 6.07 Å². The Morgan fingerprint density at radius 2 is 2.00 bits per heavy atom. The van der Waals surface area contributed by atoms with Gasteiger partial charge >= 0.3 is 0 Å². The van der Waals surface area contributed by atoms with Gasteiger partial charge in [-0.3, -0.25) is 4.79 Å². The van der Waals surface area contributed by atoms with Gasteiger partial charge in [-0.1, -0.05) is 12.1 Å². The third-order valence-corrected chi connectivity index (χ3v) is 4.62. The highest BCUT2D eigenvalue weighted by molar-refractivity contribution is 5.94. The quantitative estimate of drug-likeness (QED) is 0.603. The van der Waals surface area contributed by atoms with Crippen LogP contribution in [0.3, 0.4) is 0 Å². The molecule has 2 aromatic carbocycles. The Balaban J connectivity index is 1.67. The molecule has 3 aromatic rings. The van der Waals surface area contributed by atoms with Gasteiger partial charge < -0.3 is 15.4 Å². The SMILES string of the molecule is O=C1NCCCCOCc2cccc(c2)Nc2nccc(n2)-c2ccc1cc2F. The Bertz CT molecular complexity index is 1030. The number of rotatable bonds is 0. The van der Waals surface area contributed by atoms with Crippen LogP contribution >= 0.6 is 0 Å². The molecule has 29 heavy (non-hydrogen) atoms. The predicted octanol–water partition coefficient (Wildman–Crippen LogP) is 4.07. The second kappa shape index (κ2) is 8.79. The number of hydrogen-bond acceptors (Lipinski definition) is 5. The Morgan fingerprint density at radius 3 is 2.90 bits per heavy atom. The van der Waals surface area contributed by atoms with E-state index in [0.29, 0.717) is 37.0 Å². The van der Waals surface area contributed by atoms with Crippen molar-refractivity contribution in [2.75, 3.05) is 18.5 Å². The minimum absolute atomic E-state index is 0.281. The summed E-state index contributed by atoms with van der Waals surface area (Å²) >= 11 is 0.